The normalized spacial score (nSPS) is 14.9. The monoisotopic (exact) mass is 559 g/mol. The summed E-state index contributed by atoms with van der Waals surface area (Å²) < 4.78 is 16.6. The number of allylic oxidation sites excluding steroid dienone is 1. The van der Waals surface area contributed by atoms with E-state index in [1.54, 1.807) is 56.3 Å². The molecule has 204 valence electrons. The molecule has 0 saturated heterocycles. The van der Waals surface area contributed by atoms with Gasteiger partial charge in [0.2, 0.25) is 0 Å². The second kappa shape index (κ2) is 11.4. The van der Waals surface area contributed by atoms with E-state index >= 15 is 0 Å². The number of ether oxygens (including phenoxy) is 3. The van der Waals surface area contributed by atoms with Crippen LogP contribution in [0.25, 0.3) is 17.5 Å². The minimum Gasteiger partial charge on any atom is -0.465 e. The number of hydrogen-bond donors (Lipinski definition) is 1. The fourth-order valence-electron chi connectivity index (χ4n) is 4.27. The second-order valence-electron chi connectivity index (χ2n) is 9.00. The Morgan fingerprint density at radius 3 is 2.02 bits per heavy atom. The zero-order valence-electron chi connectivity index (χ0n) is 22.1. The summed E-state index contributed by atoms with van der Waals surface area (Å²) in [6, 6.07) is 14.7. The lowest BCUT2D eigenvalue weighted by Gasteiger charge is -2.25. The fraction of sp³-hybridized carbons (Fsp3) is 0.207. The number of benzene rings is 2. The summed E-state index contributed by atoms with van der Waals surface area (Å²) >= 11 is 1.03. The molecular weight excluding hydrogens is 534 g/mol. The van der Waals surface area contributed by atoms with Gasteiger partial charge in [0.1, 0.15) is 10.5 Å². The number of nitriles is 1. The summed E-state index contributed by atoms with van der Waals surface area (Å²) in [4.78, 5) is 50.7. The van der Waals surface area contributed by atoms with E-state index in [1.165, 1.54) is 26.4 Å². The highest BCUT2D eigenvalue weighted by Gasteiger charge is 2.36. The molecule has 0 radical (unpaired) electrons. The van der Waals surface area contributed by atoms with Crippen LogP contribution in [0, 0.1) is 11.3 Å². The van der Waals surface area contributed by atoms with Crippen molar-refractivity contribution >= 4 is 46.7 Å². The molecule has 10 nitrogen and oxygen atoms in total. The van der Waals surface area contributed by atoms with Crippen molar-refractivity contribution in [1.29, 1.82) is 5.26 Å². The first-order chi connectivity index (χ1) is 19.1. The van der Waals surface area contributed by atoms with Crippen molar-refractivity contribution in [3.63, 3.8) is 0 Å². The quantitative estimate of drug-likeness (QED) is 0.352. The number of hydrogen-bond acceptors (Lipinski definition) is 10. The molecule has 1 atom stereocenters. The van der Waals surface area contributed by atoms with Crippen molar-refractivity contribution in [3.8, 4) is 6.07 Å². The summed E-state index contributed by atoms with van der Waals surface area (Å²) in [5.41, 5.74) is 7.69. The van der Waals surface area contributed by atoms with Crippen LogP contribution in [-0.4, -0.2) is 42.8 Å². The van der Waals surface area contributed by atoms with E-state index in [-0.39, 0.29) is 31.7 Å². The van der Waals surface area contributed by atoms with Gasteiger partial charge in [0.15, 0.2) is 0 Å². The summed E-state index contributed by atoms with van der Waals surface area (Å²) in [7, 11) is 2.55. The Bertz CT molecular complexity index is 1760. The van der Waals surface area contributed by atoms with Gasteiger partial charge in [0.25, 0.3) is 5.56 Å². The molecule has 3 aromatic rings. The van der Waals surface area contributed by atoms with E-state index in [9.17, 15) is 24.4 Å². The average molecular weight is 560 g/mol. The molecule has 11 heteroatoms. The largest absolute Gasteiger partial charge is 0.465 e. The highest BCUT2D eigenvalue weighted by molar-refractivity contribution is 7.07. The molecule has 1 aliphatic rings. The molecule has 2 aromatic carbocycles. The number of fused-ring (bicyclic) bond motifs is 1. The maximum atomic E-state index is 13.5. The number of nitrogens with two attached hydrogens (primary N) is 1. The average Bonchev–Trinajstić information content (AvgIpc) is 3.27. The maximum absolute atomic E-state index is 13.5. The Balaban J connectivity index is 1.98. The van der Waals surface area contributed by atoms with Gasteiger partial charge >= 0.3 is 17.9 Å². The predicted molar refractivity (Wildman–Crippen MR) is 147 cm³/mol. The highest BCUT2D eigenvalue weighted by atomic mass is 32.1. The van der Waals surface area contributed by atoms with Gasteiger partial charge in [0.05, 0.1) is 59.1 Å². The first-order valence-electron chi connectivity index (χ1n) is 12.1. The number of methoxy groups -OCH3 is 2. The third-order valence-electron chi connectivity index (χ3n) is 6.13. The SMILES string of the molecule is COC(=O)c1ccc(C=c2sc3n(c2=O)C(N)=C(C#N)[C@H](c2ccc(C(=O)OC)cc2)C=3C(=O)OC(C)C)cc1. The van der Waals surface area contributed by atoms with Gasteiger partial charge in [-0.2, -0.15) is 5.26 Å². The number of esters is 3. The molecule has 0 spiro atoms. The number of aromatic nitrogens is 1. The molecule has 1 aliphatic heterocycles. The lowest BCUT2D eigenvalue weighted by atomic mass is 9.83. The zero-order chi connectivity index (χ0) is 29.1. The van der Waals surface area contributed by atoms with Crippen molar-refractivity contribution in [2.45, 2.75) is 25.9 Å². The Labute approximate surface area is 232 Å². The molecule has 40 heavy (non-hydrogen) atoms. The van der Waals surface area contributed by atoms with Crippen LogP contribution in [0.5, 0.6) is 0 Å². The van der Waals surface area contributed by atoms with Gasteiger partial charge in [-0.05, 0) is 55.3 Å². The molecule has 1 aromatic heterocycles. The summed E-state index contributed by atoms with van der Waals surface area (Å²) in [5.74, 6) is -2.80. The number of nitrogens with zero attached hydrogens (tertiary/aromatic N) is 2. The standard InChI is InChI=1S/C29H25N3O7S/c1-15(2)39-29(36)23-22(17-9-11-19(12-10-17)28(35)38-4)20(14-30)24(31)32-25(33)21(40-26(23)32)13-16-5-7-18(8-6-16)27(34)37-3/h5-13,15,22H,31H2,1-4H3/t22-/m0/s1. The van der Waals surface area contributed by atoms with Crippen LogP contribution in [0.4, 0.5) is 0 Å². The van der Waals surface area contributed by atoms with Crippen LogP contribution in [0.2, 0.25) is 0 Å². The topological polar surface area (TPSA) is 151 Å². The van der Waals surface area contributed by atoms with Gasteiger partial charge in [-0.25, -0.2) is 14.4 Å². The van der Waals surface area contributed by atoms with Gasteiger partial charge in [0, 0.05) is 0 Å². The number of rotatable bonds is 6. The Morgan fingerprint density at radius 1 is 0.975 bits per heavy atom. The molecule has 2 heterocycles. The molecule has 0 bridgehead atoms. The van der Waals surface area contributed by atoms with Crippen molar-refractivity contribution in [2.75, 3.05) is 14.2 Å². The van der Waals surface area contributed by atoms with E-state index in [2.05, 4.69) is 6.07 Å². The van der Waals surface area contributed by atoms with Crippen molar-refractivity contribution < 1.29 is 28.6 Å². The van der Waals surface area contributed by atoms with Crippen LogP contribution in [0.1, 0.15) is 51.6 Å². The highest BCUT2D eigenvalue weighted by Crippen LogP contribution is 2.37. The van der Waals surface area contributed by atoms with E-state index in [1.807, 2.05) is 0 Å². The van der Waals surface area contributed by atoms with Gasteiger partial charge < -0.3 is 19.9 Å². The number of carbonyl (C=O) groups excluding carboxylic acids is 3. The first kappa shape index (κ1) is 28.1. The molecule has 2 N–H and O–H groups in total. The minimum absolute atomic E-state index is 0.0112. The Morgan fingerprint density at radius 2 is 1.52 bits per heavy atom. The first-order valence-corrected chi connectivity index (χ1v) is 12.9. The molecule has 0 unspecified atom stereocenters. The smallest absolute Gasteiger partial charge is 0.338 e. The van der Waals surface area contributed by atoms with Crippen LogP contribution >= 0.6 is 11.3 Å². The van der Waals surface area contributed by atoms with E-state index in [0.29, 0.717) is 16.7 Å². The summed E-state index contributed by atoms with van der Waals surface area (Å²) in [5, 5.41) is 10.1. The van der Waals surface area contributed by atoms with E-state index < -0.39 is 35.5 Å². The van der Waals surface area contributed by atoms with Crippen LogP contribution in [-0.2, 0) is 19.0 Å². The number of thiazole rings is 1. The van der Waals surface area contributed by atoms with Gasteiger partial charge in [-0.15, -0.1) is 11.3 Å². The lowest BCUT2D eigenvalue weighted by Crippen LogP contribution is -2.40. The van der Waals surface area contributed by atoms with Crippen molar-refractivity contribution in [1.82, 2.24) is 4.57 Å². The summed E-state index contributed by atoms with van der Waals surface area (Å²) in [6.45, 7) is 3.38. The molecule has 0 saturated carbocycles. The second-order valence-corrected chi connectivity index (χ2v) is 10.0. The molecular formula is C29H25N3O7S. The predicted octanol–water partition coefficient (Wildman–Crippen LogP) is 1.86. The molecule has 0 amide bonds. The van der Waals surface area contributed by atoms with Crippen LogP contribution in [0.15, 0.2) is 58.9 Å². The van der Waals surface area contributed by atoms with Crippen molar-refractivity contribution in [2.24, 2.45) is 5.73 Å². The van der Waals surface area contributed by atoms with Crippen LogP contribution < -0.4 is 20.5 Å². The molecule has 0 fully saturated rings. The fourth-order valence-corrected chi connectivity index (χ4v) is 5.44. The maximum Gasteiger partial charge on any atom is 0.338 e. The Kier molecular flexibility index (Phi) is 8.02. The third-order valence-corrected chi connectivity index (χ3v) is 7.23. The third kappa shape index (κ3) is 5.17. The summed E-state index contributed by atoms with van der Waals surface area (Å²) in [6.07, 6.45) is 1.13. The molecule has 4 rings (SSSR count). The minimum atomic E-state index is -0.951. The van der Waals surface area contributed by atoms with Crippen LogP contribution in [0.3, 0.4) is 0 Å². The van der Waals surface area contributed by atoms with E-state index in [0.717, 1.165) is 15.9 Å². The Hall–Kier alpha value is -4.95. The van der Waals surface area contributed by atoms with Crippen molar-refractivity contribution in [3.05, 3.63) is 95.9 Å². The number of carbonyl (C=O) groups is 3. The zero-order valence-corrected chi connectivity index (χ0v) is 22.9. The van der Waals surface area contributed by atoms with E-state index in [4.69, 9.17) is 19.9 Å². The van der Waals surface area contributed by atoms with Gasteiger partial charge in [-0.3, -0.25) is 9.36 Å². The molecule has 0 aliphatic carbocycles. The van der Waals surface area contributed by atoms with Gasteiger partial charge in [-0.1, -0.05) is 24.3 Å². The lowest BCUT2D eigenvalue weighted by molar-refractivity contribution is -0.140.